The highest BCUT2D eigenvalue weighted by molar-refractivity contribution is 5.79. The van der Waals surface area contributed by atoms with Crippen molar-refractivity contribution in [3.8, 4) is 0 Å². The molecule has 0 rings (SSSR count). The first kappa shape index (κ1) is 33.3. The molecule has 0 atom stereocenters. The lowest BCUT2D eigenvalue weighted by Gasteiger charge is -2.27. The van der Waals surface area contributed by atoms with E-state index in [0.29, 0.717) is 56.6 Å². The Morgan fingerprint density at radius 1 is 0.500 bits per heavy atom. The Hall–Kier alpha value is -0.740. The van der Waals surface area contributed by atoms with Crippen molar-refractivity contribution in [1.29, 1.82) is 0 Å². The third-order valence-electron chi connectivity index (χ3n) is 7.33. The molecule has 4 nitrogen and oxygen atoms in total. The van der Waals surface area contributed by atoms with Crippen LogP contribution in [0.1, 0.15) is 168 Å². The number of unbranched alkanes of at least 4 members (excludes halogenated alkanes) is 16. The highest BCUT2D eigenvalue weighted by Crippen LogP contribution is 2.19. The summed E-state index contributed by atoms with van der Waals surface area (Å²) in [6.07, 6.45) is 26.3. The first-order valence-electron chi connectivity index (χ1n) is 15.0. The van der Waals surface area contributed by atoms with E-state index in [1.807, 2.05) is 0 Å². The Bertz CT molecular complexity index is 440. The summed E-state index contributed by atoms with van der Waals surface area (Å²) in [6, 6.07) is 0. The molecule has 0 amide bonds. The van der Waals surface area contributed by atoms with E-state index in [4.69, 9.17) is 11.5 Å². The van der Waals surface area contributed by atoms with Gasteiger partial charge in [0.25, 0.3) is 0 Å². The van der Waals surface area contributed by atoms with Crippen LogP contribution >= 0.6 is 0 Å². The molecule has 0 aliphatic heterocycles. The summed E-state index contributed by atoms with van der Waals surface area (Å²) in [6.45, 7) is 4.83. The molecule has 34 heavy (non-hydrogen) atoms. The van der Waals surface area contributed by atoms with E-state index in [2.05, 4.69) is 13.8 Å². The summed E-state index contributed by atoms with van der Waals surface area (Å²) in [7, 11) is 0. The van der Waals surface area contributed by atoms with E-state index in [1.165, 1.54) is 89.9 Å². The maximum atomic E-state index is 12.3. The number of ketones is 2. The number of carbonyl (C=O) groups excluding carboxylic acids is 2. The van der Waals surface area contributed by atoms with Gasteiger partial charge in [-0.3, -0.25) is 9.59 Å². The van der Waals surface area contributed by atoms with E-state index in [1.54, 1.807) is 0 Å². The minimum Gasteiger partial charge on any atom is -0.329 e. The van der Waals surface area contributed by atoms with Crippen molar-refractivity contribution in [3.63, 3.8) is 0 Å². The lowest BCUT2D eigenvalue weighted by molar-refractivity contribution is -0.119. The van der Waals surface area contributed by atoms with Crippen molar-refractivity contribution in [2.24, 2.45) is 11.5 Å². The largest absolute Gasteiger partial charge is 0.329 e. The van der Waals surface area contributed by atoms with Crippen LogP contribution in [-0.2, 0) is 9.59 Å². The fourth-order valence-electron chi connectivity index (χ4n) is 4.62. The standard InChI is InChI=1S/C30H60N2O2/c1-3-5-7-9-11-13-15-17-19-21-28(33)23-25-30(32,27-31)26-24-29(34)22-20-18-16-14-12-10-8-6-4-2/h3-27,31-32H2,1-2H3. The van der Waals surface area contributed by atoms with Crippen LogP contribution in [-0.4, -0.2) is 23.7 Å². The first-order valence-corrected chi connectivity index (χ1v) is 15.0. The molecule has 0 saturated carbocycles. The van der Waals surface area contributed by atoms with Gasteiger partial charge in [-0.25, -0.2) is 0 Å². The van der Waals surface area contributed by atoms with Crippen LogP contribution in [0.3, 0.4) is 0 Å². The molecule has 0 spiro atoms. The van der Waals surface area contributed by atoms with Gasteiger partial charge in [0.05, 0.1) is 0 Å². The second kappa shape index (κ2) is 24.0. The molecule has 0 aliphatic carbocycles. The Kier molecular flexibility index (Phi) is 23.5. The molecule has 0 aromatic rings. The van der Waals surface area contributed by atoms with Gasteiger partial charge in [0.15, 0.2) is 0 Å². The van der Waals surface area contributed by atoms with Crippen molar-refractivity contribution in [3.05, 3.63) is 0 Å². The van der Waals surface area contributed by atoms with E-state index in [-0.39, 0.29) is 0 Å². The molecule has 0 aromatic carbocycles. The zero-order valence-electron chi connectivity index (χ0n) is 23.1. The highest BCUT2D eigenvalue weighted by atomic mass is 16.1. The average Bonchev–Trinajstić information content (AvgIpc) is 2.84. The molecule has 4 heteroatoms. The molecule has 0 aromatic heterocycles. The van der Waals surface area contributed by atoms with E-state index >= 15 is 0 Å². The van der Waals surface area contributed by atoms with Crippen LogP contribution < -0.4 is 11.5 Å². The molecular weight excluding hydrogens is 420 g/mol. The SMILES string of the molecule is CCCCCCCCCCCC(=O)CCC(N)(CN)CCC(=O)CCCCCCCCCCC. The third kappa shape index (κ3) is 21.8. The lowest BCUT2D eigenvalue weighted by atomic mass is 9.86. The zero-order valence-corrected chi connectivity index (χ0v) is 23.1. The summed E-state index contributed by atoms with van der Waals surface area (Å²) in [5.41, 5.74) is 11.8. The molecule has 4 N–H and O–H groups in total. The summed E-state index contributed by atoms with van der Waals surface area (Å²) >= 11 is 0. The fourth-order valence-corrected chi connectivity index (χ4v) is 4.62. The molecule has 0 aliphatic rings. The van der Waals surface area contributed by atoms with Crippen molar-refractivity contribution in [2.75, 3.05) is 6.54 Å². The van der Waals surface area contributed by atoms with E-state index in [0.717, 1.165) is 25.7 Å². The van der Waals surface area contributed by atoms with E-state index < -0.39 is 5.54 Å². The smallest absolute Gasteiger partial charge is 0.132 e. The molecule has 0 radical (unpaired) electrons. The normalized spacial score (nSPS) is 11.8. The van der Waals surface area contributed by atoms with Gasteiger partial charge in [0, 0.05) is 37.8 Å². The van der Waals surface area contributed by atoms with E-state index in [9.17, 15) is 9.59 Å². The van der Waals surface area contributed by atoms with Crippen LogP contribution in [0.25, 0.3) is 0 Å². The van der Waals surface area contributed by atoms with Crippen LogP contribution in [0.4, 0.5) is 0 Å². The number of hydrogen-bond donors (Lipinski definition) is 2. The molecule has 0 bridgehead atoms. The number of rotatable bonds is 27. The maximum absolute atomic E-state index is 12.3. The lowest BCUT2D eigenvalue weighted by Crippen LogP contribution is -2.47. The number of carbonyl (C=O) groups is 2. The topological polar surface area (TPSA) is 86.2 Å². The Morgan fingerprint density at radius 3 is 1.09 bits per heavy atom. The molecule has 0 saturated heterocycles. The third-order valence-corrected chi connectivity index (χ3v) is 7.33. The second-order valence-electron chi connectivity index (χ2n) is 10.8. The van der Waals surface area contributed by atoms with Gasteiger partial charge < -0.3 is 11.5 Å². The number of nitrogens with two attached hydrogens (primary N) is 2. The summed E-state index contributed by atoms with van der Waals surface area (Å²) in [5, 5.41) is 0. The van der Waals surface area contributed by atoms with Crippen molar-refractivity contribution in [1.82, 2.24) is 0 Å². The highest BCUT2D eigenvalue weighted by Gasteiger charge is 2.24. The Morgan fingerprint density at radius 2 is 0.794 bits per heavy atom. The fraction of sp³-hybridized carbons (Fsp3) is 0.933. The quantitative estimate of drug-likeness (QED) is 0.116. The minimum atomic E-state index is -0.581. The van der Waals surface area contributed by atoms with Crippen molar-refractivity contribution < 1.29 is 9.59 Å². The van der Waals surface area contributed by atoms with Crippen LogP contribution in [0.2, 0.25) is 0 Å². The van der Waals surface area contributed by atoms with Crippen LogP contribution in [0.15, 0.2) is 0 Å². The van der Waals surface area contributed by atoms with Crippen LogP contribution in [0.5, 0.6) is 0 Å². The monoisotopic (exact) mass is 480 g/mol. The summed E-state index contributed by atoms with van der Waals surface area (Å²) in [4.78, 5) is 24.6. The molecular formula is C30H60N2O2. The maximum Gasteiger partial charge on any atom is 0.132 e. The predicted molar refractivity (Wildman–Crippen MR) is 148 cm³/mol. The molecule has 0 fully saturated rings. The minimum absolute atomic E-state index is 0.298. The van der Waals surface area contributed by atoms with Gasteiger partial charge in [-0.1, -0.05) is 117 Å². The Balaban J connectivity index is 3.76. The van der Waals surface area contributed by atoms with Gasteiger partial charge in [0.1, 0.15) is 11.6 Å². The van der Waals surface area contributed by atoms with Gasteiger partial charge in [-0.15, -0.1) is 0 Å². The van der Waals surface area contributed by atoms with Gasteiger partial charge in [-0.05, 0) is 25.7 Å². The summed E-state index contributed by atoms with van der Waals surface area (Å²) < 4.78 is 0. The van der Waals surface area contributed by atoms with Crippen molar-refractivity contribution >= 4 is 11.6 Å². The summed E-state index contributed by atoms with van der Waals surface area (Å²) in [5.74, 6) is 0.597. The predicted octanol–water partition coefficient (Wildman–Crippen LogP) is 8.18. The van der Waals surface area contributed by atoms with Gasteiger partial charge >= 0.3 is 0 Å². The van der Waals surface area contributed by atoms with Gasteiger partial charge in [0.2, 0.25) is 0 Å². The number of Topliss-reactive ketones (excluding diaryl/α,β-unsaturated/α-hetero) is 2. The molecule has 0 heterocycles. The second-order valence-corrected chi connectivity index (χ2v) is 10.8. The zero-order chi connectivity index (χ0) is 25.3. The average molecular weight is 481 g/mol. The number of hydrogen-bond acceptors (Lipinski definition) is 4. The molecule has 0 unspecified atom stereocenters. The van der Waals surface area contributed by atoms with Gasteiger partial charge in [-0.2, -0.15) is 0 Å². The molecule has 202 valence electrons. The first-order chi connectivity index (χ1) is 16.5. The Labute approximate surface area is 212 Å². The van der Waals surface area contributed by atoms with Crippen molar-refractivity contribution in [2.45, 2.75) is 173 Å². The van der Waals surface area contributed by atoms with Crippen LogP contribution in [0, 0.1) is 0 Å².